The van der Waals surface area contributed by atoms with Crippen molar-refractivity contribution in [1.29, 1.82) is 0 Å². The molecular formula is C13H19ClN2O3. The van der Waals surface area contributed by atoms with Gasteiger partial charge in [-0.25, -0.2) is 0 Å². The third kappa shape index (κ3) is 5.14. The summed E-state index contributed by atoms with van der Waals surface area (Å²) in [5.74, 6) is 0.225. The van der Waals surface area contributed by atoms with Crippen molar-refractivity contribution in [3.8, 4) is 0 Å². The molecule has 0 aliphatic carbocycles. The quantitative estimate of drug-likeness (QED) is 0.459. The van der Waals surface area contributed by atoms with Crippen molar-refractivity contribution in [2.24, 2.45) is 5.92 Å². The van der Waals surface area contributed by atoms with E-state index in [1.807, 2.05) is 13.8 Å². The number of nitrogens with one attached hydrogen (secondary N) is 1. The van der Waals surface area contributed by atoms with Gasteiger partial charge in [-0.05, 0) is 30.5 Å². The Morgan fingerprint density at radius 1 is 1.47 bits per heavy atom. The highest BCUT2D eigenvalue weighted by molar-refractivity contribution is 6.31. The van der Waals surface area contributed by atoms with E-state index in [1.54, 1.807) is 0 Å². The van der Waals surface area contributed by atoms with Gasteiger partial charge in [-0.15, -0.1) is 0 Å². The number of aliphatic hydroxyl groups is 1. The minimum absolute atomic E-state index is 0.0309. The first-order chi connectivity index (χ1) is 8.91. The van der Waals surface area contributed by atoms with Gasteiger partial charge in [-0.1, -0.05) is 25.4 Å². The molecule has 6 heteroatoms. The molecule has 0 amide bonds. The van der Waals surface area contributed by atoms with E-state index in [0.717, 1.165) is 0 Å². The van der Waals surface area contributed by atoms with E-state index in [1.165, 1.54) is 18.2 Å². The molecule has 0 spiro atoms. The Morgan fingerprint density at radius 3 is 2.74 bits per heavy atom. The van der Waals surface area contributed by atoms with Gasteiger partial charge in [0.15, 0.2) is 0 Å². The lowest BCUT2D eigenvalue weighted by atomic mass is 10.0. The summed E-state index contributed by atoms with van der Waals surface area (Å²) < 4.78 is 0. The van der Waals surface area contributed by atoms with Gasteiger partial charge in [-0.3, -0.25) is 10.1 Å². The Labute approximate surface area is 117 Å². The molecule has 0 saturated heterocycles. The van der Waals surface area contributed by atoms with Crippen LogP contribution in [0.5, 0.6) is 0 Å². The van der Waals surface area contributed by atoms with Gasteiger partial charge in [0, 0.05) is 23.7 Å². The first-order valence-corrected chi connectivity index (χ1v) is 6.61. The lowest BCUT2D eigenvalue weighted by Crippen LogP contribution is -2.23. The minimum Gasteiger partial charge on any atom is -0.393 e. The van der Waals surface area contributed by atoms with Gasteiger partial charge in [0.05, 0.1) is 11.0 Å². The number of rotatable bonds is 7. The van der Waals surface area contributed by atoms with E-state index in [4.69, 9.17) is 11.6 Å². The molecule has 5 nitrogen and oxygen atoms in total. The molecule has 0 radical (unpaired) electrons. The number of nitro benzene ring substituents is 1. The Hall–Kier alpha value is -1.17. The standard InChI is InChI=1S/C13H19ClN2O3/c1-9(2)13(17)5-6-15-8-10-7-11(16(18)19)3-4-12(10)14/h3-4,7,9,13,15,17H,5-6,8H2,1-2H3. The normalized spacial score (nSPS) is 12.7. The number of benzene rings is 1. The Balaban J connectivity index is 2.49. The van der Waals surface area contributed by atoms with Crippen LogP contribution in [-0.4, -0.2) is 22.7 Å². The van der Waals surface area contributed by atoms with Gasteiger partial charge < -0.3 is 10.4 Å². The summed E-state index contributed by atoms with van der Waals surface area (Å²) in [6.45, 7) is 5.01. The Bertz CT molecular complexity index is 438. The Morgan fingerprint density at radius 2 is 2.16 bits per heavy atom. The van der Waals surface area contributed by atoms with Crippen molar-refractivity contribution in [2.75, 3.05) is 6.54 Å². The smallest absolute Gasteiger partial charge is 0.269 e. The number of nitro groups is 1. The lowest BCUT2D eigenvalue weighted by molar-refractivity contribution is -0.384. The highest BCUT2D eigenvalue weighted by atomic mass is 35.5. The molecule has 0 aliphatic rings. The van der Waals surface area contributed by atoms with Gasteiger partial charge in [0.25, 0.3) is 5.69 Å². The van der Waals surface area contributed by atoms with Crippen LogP contribution in [0.2, 0.25) is 5.02 Å². The summed E-state index contributed by atoms with van der Waals surface area (Å²) in [6.07, 6.45) is 0.303. The van der Waals surface area contributed by atoms with E-state index in [2.05, 4.69) is 5.32 Å². The maximum absolute atomic E-state index is 10.7. The molecule has 0 saturated carbocycles. The molecule has 1 atom stereocenters. The molecule has 0 aromatic heterocycles. The second-order valence-electron chi connectivity index (χ2n) is 4.81. The van der Waals surface area contributed by atoms with E-state index >= 15 is 0 Å². The van der Waals surface area contributed by atoms with Crippen molar-refractivity contribution in [3.05, 3.63) is 38.9 Å². The third-order valence-electron chi connectivity index (χ3n) is 2.94. The van der Waals surface area contributed by atoms with Gasteiger partial charge in [-0.2, -0.15) is 0 Å². The van der Waals surface area contributed by atoms with Crippen molar-refractivity contribution < 1.29 is 10.0 Å². The summed E-state index contributed by atoms with van der Waals surface area (Å²) in [5.41, 5.74) is 0.721. The lowest BCUT2D eigenvalue weighted by Gasteiger charge is -2.14. The number of nitrogens with zero attached hydrogens (tertiary/aromatic N) is 1. The van der Waals surface area contributed by atoms with Gasteiger partial charge in [0.2, 0.25) is 0 Å². The molecule has 1 unspecified atom stereocenters. The average molecular weight is 287 g/mol. The van der Waals surface area contributed by atoms with E-state index < -0.39 is 4.92 Å². The molecule has 0 heterocycles. The molecule has 1 aromatic carbocycles. The zero-order chi connectivity index (χ0) is 14.4. The zero-order valence-corrected chi connectivity index (χ0v) is 11.9. The van der Waals surface area contributed by atoms with E-state index in [-0.39, 0.29) is 17.7 Å². The van der Waals surface area contributed by atoms with Crippen molar-refractivity contribution in [2.45, 2.75) is 32.9 Å². The summed E-state index contributed by atoms with van der Waals surface area (Å²) in [7, 11) is 0. The van der Waals surface area contributed by atoms with Crippen LogP contribution >= 0.6 is 11.6 Å². The monoisotopic (exact) mass is 286 g/mol. The van der Waals surface area contributed by atoms with Gasteiger partial charge in [0.1, 0.15) is 0 Å². The Kier molecular flexibility index (Phi) is 6.21. The molecule has 0 aliphatic heterocycles. The summed E-state index contributed by atoms with van der Waals surface area (Å²) in [5, 5.41) is 23.9. The largest absolute Gasteiger partial charge is 0.393 e. The van der Waals surface area contributed by atoms with Crippen LogP contribution in [0.3, 0.4) is 0 Å². The first-order valence-electron chi connectivity index (χ1n) is 6.23. The molecule has 2 N–H and O–H groups in total. The second-order valence-corrected chi connectivity index (χ2v) is 5.22. The first kappa shape index (κ1) is 15.9. The van der Waals surface area contributed by atoms with Crippen LogP contribution in [-0.2, 0) is 6.54 Å². The number of aliphatic hydroxyl groups excluding tert-OH is 1. The predicted molar refractivity (Wildman–Crippen MR) is 75.3 cm³/mol. The molecule has 1 rings (SSSR count). The van der Waals surface area contributed by atoms with Crippen LogP contribution in [0, 0.1) is 16.0 Å². The van der Waals surface area contributed by atoms with Crippen molar-refractivity contribution in [3.63, 3.8) is 0 Å². The fourth-order valence-electron chi connectivity index (χ4n) is 1.62. The molecule has 19 heavy (non-hydrogen) atoms. The fourth-order valence-corrected chi connectivity index (χ4v) is 1.80. The molecule has 1 aromatic rings. The fraction of sp³-hybridized carbons (Fsp3) is 0.538. The predicted octanol–water partition coefficient (Wildman–Crippen LogP) is 2.74. The molecule has 106 valence electrons. The minimum atomic E-state index is -0.442. The second kappa shape index (κ2) is 7.43. The van der Waals surface area contributed by atoms with Crippen LogP contribution < -0.4 is 5.32 Å². The number of non-ortho nitro benzene ring substituents is 1. The summed E-state index contributed by atoms with van der Waals surface area (Å²) in [6, 6.07) is 4.38. The molecular weight excluding hydrogens is 268 g/mol. The maximum atomic E-state index is 10.7. The number of hydrogen-bond acceptors (Lipinski definition) is 4. The third-order valence-corrected chi connectivity index (χ3v) is 3.31. The van der Waals surface area contributed by atoms with Crippen molar-refractivity contribution in [1.82, 2.24) is 5.32 Å². The van der Waals surface area contributed by atoms with Crippen LogP contribution in [0.1, 0.15) is 25.8 Å². The summed E-state index contributed by atoms with van der Waals surface area (Å²) >= 11 is 5.98. The van der Waals surface area contributed by atoms with Crippen LogP contribution in [0.15, 0.2) is 18.2 Å². The average Bonchev–Trinajstić information content (AvgIpc) is 2.35. The van der Waals surface area contributed by atoms with Crippen LogP contribution in [0.4, 0.5) is 5.69 Å². The van der Waals surface area contributed by atoms with Crippen LogP contribution in [0.25, 0.3) is 0 Å². The molecule has 0 fully saturated rings. The number of hydrogen-bond donors (Lipinski definition) is 2. The number of halogens is 1. The van der Waals surface area contributed by atoms with E-state index in [9.17, 15) is 15.2 Å². The van der Waals surface area contributed by atoms with E-state index in [0.29, 0.717) is 30.1 Å². The highest BCUT2D eigenvalue weighted by Crippen LogP contribution is 2.21. The highest BCUT2D eigenvalue weighted by Gasteiger charge is 2.11. The maximum Gasteiger partial charge on any atom is 0.269 e. The van der Waals surface area contributed by atoms with Gasteiger partial charge >= 0.3 is 0 Å². The molecule has 0 bridgehead atoms. The zero-order valence-electron chi connectivity index (χ0n) is 11.1. The summed E-state index contributed by atoms with van der Waals surface area (Å²) in [4.78, 5) is 10.2. The topological polar surface area (TPSA) is 75.4 Å². The van der Waals surface area contributed by atoms with Crippen molar-refractivity contribution >= 4 is 17.3 Å². The SMILES string of the molecule is CC(C)C(O)CCNCc1cc([N+](=O)[O-])ccc1Cl.